The SMILES string of the molecule is Cc1ccc(C)c(C(=O)NC2CCC(CO)CC2)c1. The highest BCUT2D eigenvalue weighted by Gasteiger charge is 2.22. The molecule has 0 radical (unpaired) electrons. The maximum Gasteiger partial charge on any atom is 0.251 e. The lowest BCUT2D eigenvalue weighted by atomic mass is 9.86. The average Bonchev–Trinajstić information content (AvgIpc) is 2.42. The summed E-state index contributed by atoms with van der Waals surface area (Å²) in [5.74, 6) is 0.461. The zero-order valence-electron chi connectivity index (χ0n) is 11.8. The Kier molecular flexibility index (Phi) is 4.59. The van der Waals surface area contributed by atoms with Crippen molar-refractivity contribution in [2.75, 3.05) is 6.61 Å². The first kappa shape index (κ1) is 14.1. The van der Waals surface area contributed by atoms with E-state index >= 15 is 0 Å². The van der Waals surface area contributed by atoms with Crippen LogP contribution in [0.5, 0.6) is 0 Å². The van der Waals surface area contributed by atoms with Crippen molar-refractivity contribution >= 4 is 5.91 Å². The lowest BCUT2D eigenvalue weighted by Gasteiger charge is -2.28. The summed E-state index contributed by atoms with van der Waals surface area (Å²) in [7, 11) is 0. The lowest BCUT2D eigenvalue weighted by Crippen LogP contribution is -2.38. The Hall–Kier alpha value is -1.35. The van der Waals surface area contributed by atoms with E-state index in [1.807, 2.05) is 32.0 Å². The van der Waals surface area contributed by atoms with Crippen LogP contribution in [-0.4, -0.2) is 23.7 Å². The van der Waals surface area contributed by atoms with E-state index in [0.717, 1.165) is 42.4 Å². The van der Waals surface area contributed by atoms with Gasteiger partial charge in [-0.05, 0) is 57.1 Å². The maximum absolute atomic E-state index is 12.3. The van der Waals surface area contributed by atoms with Gasteiger partial charge in [-0.2, -0.15) is 0 Å². The van der Waals surface area contributed by atoms with Gasteiger partial charge >= 0.3 is 0 Å². The third kappa shape index (κ3) is 3.57. The van der Waals surface area contributed by atoms with Gasteiger partial charge in [-0.25, -0.2) is 0 Å². The second-order valence-electron chi connectivity index (χ2n) is 5.69. The monoisotopic (exact) mass is 261 g/mol. The Balaban J connectivity index is 1.96. The minimum atomic E-state index is 0.0358. The molecule has 3 heteroatoms. The number of aryl methyl sites for hydroxylation is 2. The highest BCUT2D eigenvalue weighted by Crippen LogP contribution is 2.24. The van der Waals surface area contributed by atoms with Crippen molar-refractivity contribution in [3.8, 4) is 0 Å². The zero-order valence-corrected chi connectivity index (χ0v) is 11.8. The van der Waals surface area contributed by atoms with Gasteiger partial charge < -0.3 is 10.4 Å². The van der Waals surface area contributed by atoms with Gasteiger partial charge in [-0.1, -0.05) is 17.7 Å². The number of hydrogen-bond acceptors (Lipinski definition) is 2. The van der Waals surface area contributed by atoms with E-state index in [4.69, 9.17) is 5.11 Å². The molecule has 1 aromatic carbocycles. The molecule has 0 bridgehead atoms. The molecule has 0 unspecified atom stereocenters. The van der Waals surface area contributed by atoms with Crippen molar-refractivity contribution in [1.82, 2.24) is 5.32 Å². The summed E-state index contributed by atoms with van der Waals surface area (Å²) >= 11 is 0. The summed E-state index contributed by atoms with van der Waals surface area (Å²) < 4.78 is 0. The second kappa shape index (κ2) is 6.20. The summed E-state index contributed by atoms with van der Waals surface area (Å²) in [6, 6.07) is 6.23. The first-order chi connectivity index (χ1) is 9.10. The van der Waals surface area contributed by atoms with Crippen LogP contribution in [0, 0.1) is 19.8 Å². The number of benzene rings is 1. The van der Waals surface area contributed by atoms with Crippen LogP contribution in [0.15, 0.2) is 18.2 Å². The van der Waals surface area contributed by atoms with Crippen molar-refractivity contribution in [2.24, 2.45) is 5.92 Å². The summed E-state index contributed by atoms with van der Waals surface area (Å²) in [5, 5.41) is 12.2. The number of carbonyl (C=O) groups is 1. The molecule has 0 aromatic heterocycles. The van der Waals surface area contributed by atoms with Crippen LogP contribution in [-0.2, 0) is 0 Å². The van der Waals surface area contributed by atoms with Crippen molar-refractivity contribution in [3.63, 3.8) is 0 Å². The number of aliphatic hydroxyl groups is 1. The maximum atomic E-state index is 12.3. The van der Waals surface area contributed by atoms with Crippen LogP contribution in [0.3, 0.4) is 0 Å². The molecular formula is C16H23NO2. The normalized spacial score (nSPS) is 23.1. The molecule has 0 saturated heterocycles. The second-order valence-corrected chi connectivity index (χ2v) is 5.69. The van der Waals surface area contributed by atoms with Gasteiger partial charge in [0.05, 0.1) is 0 Å². The highest BCUT2D eigenvalue weighted by atomic mass is 16.3. The number of carbonyl (C=O) groups excluding carboxylic acids is 1. The Labute approximate surface area is 115 Å². The van der Waals surface area contributed by atoms with E-state index in [2.05, 4.69) is 5.32 Å². The van der Waals surface area contributed by atoms with E-state index < -0.39 is 0 Å². The Morgan fingerprint density at radius 1 is 1.26 bits per heavy atom. The van der Waals surface area contributed by atoms with Crippen LogP contribution >= 0.6 is 0 Å². The highest BCUT2D eigenvalue weighted by molar-refractivity contribution is 5.96. The van der Waals surface area contributed by atoms with E-state index in [0.29, 0.717) is 5.92 Å². The average molecular weight is 261 g/mol. The standard InChI is InChI=1S/C16H23NO2/c1-11-3-4-12(2)15(9-11)16(19)17-14-7-5-13(10-18)6-8-14/h3-4,9,13-14,18H,5-8,10H2,1-2H3,(H,17,19). The summed E-state index contributed by atoms with van der Waals surface area (Å²) in [6.45, 7) is 4.25. The van der Waals surface area contributed by atoms with Crippen LogP contribution in [0.2, 0.25) is 0 Å². The van der Waals surface area contributed by atoms with Crippen LogP contribution in [0.1, 0.15) is 47.2 Å². The van der Waals surface area contributed by atoms with Gasteiger partial charge in [0, 0.05) is 18.2 Å². The number of hydrogen-bond donors (Lipinski definition) is 2. The first-order valence-corrected chi connectivity index (χ1v) is 7.09. The lowest BCUT2D eigenvalue weighted by molar-refractivity contribution is 0.0913. The Morgan fingerprint density at radius 2 is 1.95 bits per heavy atom. The minimum Gasteiger partial charge on any atom is -0.396 e. The molecule has 0 aliphatic heterocycles. The van der Waals surface area contributed by atoms with Crippen LogP contribution < -0.4 is 5.32 Å². The van der Waals surface area contributed by atoms with Gasteiger partial charge in [-0.15, -0.1) is 0 Å². The molecule has 1 aliphatic rings. The minimum absolute atomic E-state index is 0.0358. The molecule has 2 N–H and O–H groups in total. The van der Waals surface area contributed by atoms with E-state index in [1.165, 1.54) is 0 Å². The molecule has 104 valence electrons. The molecule has 1 saturated carbocycles. The molecule has 0 spiro atoms. The predicted molar refractivity (Wildman–Crippen MR) is 76.2 cm³/mol. The molecule has 3 nitrogen and oxygen atoms in total. The number of aliphatic hydroxyl groups excluding tert-OH is 1. The summed E-state index contributed by atoms with van der Waals surface area (Å²) in [6.07, 6.45) is 3.96. The van der Waals surface area contributed by atoms with E-state index in [-0.39, 0.29) is 18.6 Å². The van der Waals surface area contributed by atoms with Crippen LogP contribution in [0.25, 0.3) is 0 Å². The summed E-state index contributed by atoms with van der Waals surface area (Å²) in [5.41, 5.74) is 2.91. The molecule has 1 fully saturated rings. The molecule has 1 aromatic rings. The van der Waals surface area contributed by atoms with Crippen molar-refractivity contribution in [3.05, 3.63) is 34.9 Å². The molecule has 1 aliphatic carbocycles. The van der Waals surface area contributed by atoms with Crippen LogP contribution in [0.4, 0.5) is 0 Å². The van der Waals surface area contributed by atoms with Gasteiger partial charge in [0.2, 0.25) is 0 Å². The van der Waals surface area contributed by atoms with Gasteiger partial charge in [0.25, 0.3) is 5.91 Å². The molecule has 19 heavy (non-hydrogen) atoms. The summed E-state index contributed by atoms with van der Waals surface area (Å²) in [4.78, 5) is 12.3. The fraction of sp³-hybridized carbons (Fsp3) is 0.562. The Morgan fingerprint density at radius 3 is 2.58 bits per heavy atom. The molecular weight excluding hydrogens is 238 g/mol. The topological polar surface area (TPSA) is 49.3 Å². The van der Waals surface area contributed by atoms with Gasteiger partial charge in [-0.3, -0.25) is 4.79 Å². The fourth-order valence-electron chi connectivity index (χ4n) is 2.73. The predicted octanol–water partition coefficient (Wildman–Crippen LogP) is 2.58. The van der Waals surface area contributed by atoms with E-state index in [9.17, 15) is 4.79 Å². The largest absolute Gasteiger partial charge is 0.396 e. The van der Waals surface area contributed by atoms with Crippen molar-refractivity contribution < 1.29 is 9.90 Å². The number of amides is 1. The molecule has 1 amide bonds. The zero-order chi connectivity index (χ0) is 13.8. The first-order valence-electron chi connectivity index (χ1n) is 7.09. The van der Waals surface area contributed by atoms with Crippen molar-refractivity contribution in [1.29, 1.82) is 0 Å². The third-order valence-electron chi connectivity index (χ3n) is 4.08. The van der Waals surface area contributed by atoms with E-state index in [1.54, 1.807) is 0 Å². The fourth-order valence-corrected chi connectivity index (χ4v) is 2.73. The quantitative estimate of drug-likeness (QED) is 0.878. The van der Waals surface area contributed by atoms with Gasteiger partial charge in [0.1, 0.15) is 0 Å². The van der Waals surface area contributed by atoms with Crippen molar-refractivity contribution in [2.45, 2.75) is 45.6 Å². The number of nitrogens with one attached hydrogen (secondary N) is 1. The smallest absolute Gasteiger partial charge is 0.251 e. The Bertz CT molecular complexity index is 448. The van der Waals surface area contributed by atoms with Gasteiger partial charge in [0.15, 0.2) is 0 Å². The molecule has 0 atom stereocenters. The molecule has 2 rings (SSSR count). The molecule has 0 heterocycles. The third-order valence-corrected chi connectivity index (χ3v) is 4.08. The number of rotatable bonds is 3.